The maximum absolute atomic E-state index is 6.66. The average Bonchev–Trinajstić information content (AvgIpc) is 3.24. The monoisotopic (exact) mass is 444 g/mol. The summed E-state index contributed by atoms with van der Waals surface area (Å²) in [5, 5.41) is 5.53. The van der Waals surface area contributed by atoms with E-state index in [1.807, 2.05) is 24.4 Å². The van der Waals surface area contributed by atoms with Crippen LogP contribution in [-0.2, 0) is 0 Å². The van der Waals surface area contributed by atoms with Crippen molar-refractivity contribution < 1.29 is 0 Å². The highest BCUT2D eigenvalue weighted by Crippen LogP contribution is 2.41. The van der Waals surface area contributed by atoms with E-state index in [1.54, 1.807) is 7.05 Å². The number of fused-ring (bicyclic) bond motifs is 1. The van der Waals surface area contributed by atoms with Gasteiger partial charge in [0, 0.05) is 24.4 Å². The van der Waals surface area contributed by atoms with Crippen LogP contribution in [-0.4, -0.2) is 33.8 Å². The lowest BCUT2D eigenvalue weighted by Crippen LogP contribution is -2.08. The summed E-state index contributed by atoms with van der Waals surface area (Å²) in [6.07, 6.45) is 5.80. The number of halogens is 1. The highest BCUT2D eigenvalue weighted by Gasteiger charge is 2.23. The van der Waals surface area contributed by atoms with Crippen LogP contribution in [0.1, 0.15) is 67.4 Å². The molecule has 0 bridgehead atoms. The van der Waals surface area contributed by atoms with Gasteiger partial charge in [0.15, 0.2) is 11.5 Å². The van der Waals surface area contributed by atoms with Gasteiger partial charge in [-0.3, -0.25) is 4.99 Å². The summed E-state index contributed by atoms with van der Waals surface area (Å²) in [4.78, 5) is 15.0. The van der Waals surface area contributed by atoms with Crippen LogP contribution in [0.4, 0.5) is 0 Å². The van der Waals surface area contributed by atoms with Crippen LogP contribution in [0.3, 0.4) is 0 Å². The molecule has 0 unspecified atom stereocenters. The molecule has 0 aliphatic rings. The van der Waals surface area contributed by atoms with Gasteiger partial charge in [-0.1, -0.05) is 38.3 Å². The Morgan fingerprint density at radius 2 is 1.97 bits per heavy atom. The zero-order valence-electron chi connectivity index (χ0n) is 18.2. The van der Waals surface area contributed by atoms with Crippen LogP contribution >= 0.6 is 22.9 Å². The molecule has 0 atom stereocenters. The van der Waals surface area contributed by atoms with E-state index >= 15 is 0 Å². The molecule has 30 heavy (non-hydrogen) atoms. The number of hydrogen-bond donors (Lipinski definition) is 1. The largest absolute Gasteiger partial charge is 0.390 e. The first-order valence-electron chi connectivity index (χ1n) is 10.3. The lowest BCUT2D eigenvalue weighted by molar-refractivity contribution is 0.533. The Bertz CT molecular complexity index is 1090. The topological polar surface area (TPSA) is 80.9 Å². The molecule has 3 rings (SSSR count). The fraction of sp³-hybridized carbons (Fsp3) is 0.455. The second-order valence-electron chi connectivity index (χ2n) is 7.41. The highest BCUT2D eigenvalue weighted by molar-refractivity contribution is 7.18. The third-order valence-corrected chi connectivity index (χ3v) is 6.71. The first-order chi connectivity index (χ1) is 14.4. The molecule has 0 aliphatic heterocycles. The molecule has 3 aromatic heterocycles. The third-order valence-electron chi connectivity index (χ3n) is 5.16. The number of nitrogens with zero attached hydrogens (tertiary/aromatic N) is 5. The molecule has 6 nitrogen and oxygen atoms in total. The number of hydrogen-bond acceptors (Lipinski definition) is 4. The number of aryl methyl sites for hydroxylation is 2. The SMILES string of the molecule is CCCC(CCC)c1cc(C)nc2c(-c3sc(C(N=CN)=NC)cc3Cl)c(C)nn12. The zero-order valence-corrected chi connectivity index (χ0v) is 19.8. The van der Waals surface area contributed by atoms with Crippen molar-refractivity contribution >= 4 is 40.8 Å². The average molecular weight is 445 g/mol. The third kappa shape index (κ3) is 4.27. The highest BCUT2D eigenvalue weighted by atomic mass is 35.5. The zero-order chi connectivity index (χ0) is 21.8. The van der Waals surface area contributed by atoms with E-state index < -0.39 is 0 Å². The summed E-state index contributed by atoms with van der Waals surface area (Å²) in [7, 11) is 1.69. The van der Waals surface area contributed by atoms with Gasteiger partial charge in [0.1, 0.15) is 0 Å². The molecule has 0 fully saturated rings. The van der Waals surface area contributed by atoms with Gasteiger partial charge in [0.05, 0.1) is 32.4 Å². The Hall–Kier alpha value is -2.25. The minimum atomic E-state index is 0.462. The fourth-order valence-corrected chi connectivity index (χ4v) is 5.43. The molecule has 160 valence electrons. The van der Waals surface area contributed by atoms with Crippen LogP contribution in [0.5, 0.6) is 0 Å². The molecule has 0 amide bonds. The molecule has 3 heterocycles. The van der Waals surface area contributed by atoms with Crippen molar-refractivity contribution in [2.45, 2.75) is 59.3 Å². The van der Waals surface area contributed by atoms with E-state index in [2.05, 4.69) is 29.9 Å². The van der Waals surface area contributed by atoms with Crippen LogP contribution in [0.2, 0.25) is 5.02 Å². The molecule has 8 heteroatoms. The van der Waals surface area contributed by atoms with Gasteiger partial charge < -0.3 is 5.73 Å². The van der Waals surface area contributed by atoms with Crippen LogP contribution < -0.4 is 5.73 Å². The molecular formula is C22H29ClN6S. The standard InChI is InChI=1S/C22H29ClN6S/c1-6-8-15(9-7-2)17-10-13(3)27-22-19(14(4)28-29(17)22)20-16(23)11-18(30-20)21(25-5)26-12-24/h10-12,15H,6-9H2,1-5H3,(H2,24,25,26). The van der Waals surface area contributed by atoms with Gasteiger partial charge in [-0.2, -0.15) is 5.10 Å². The molecule has 2 N–H and O–H groups in total. The number of aliphatic imine (C=N–C) groups is 2. The minimum Gasteiger partial charge on any atom is -0.390 e. The van der Waals surface area contributed by atoms with Gasteiger partial charge in [0.2, 0.25) is 0 Å². The first-order valence-corrected chi connectivity index (χ1v) is 11.5. The molecular weight excluding hydrogens is 416 g/mol. The Kier molecular flexibility index (Phi) is 7.26. The van der Waals surface area contributed by atoms with Crippen molar-refractivity contribution in [3.63, 3.8) is 0 Å². The Morgan fingerprint density at radius 3 is 2.57 bits per heavy atom. The summed E-state index contributed by atoms with van der Waals surface area (Å²) in [6, 6.07) is 4.06. The molecule has 0 saturated heterocycles. The first kappa shape index (κ1) is 22.4. The van der Waals surface area contributed by atoms with Gasteiger partial charge in [0.25, 0.3) is 0 Å². The van der Waals surface area contributed by atoms with E-state index in [9.17, 15) is 0 Å². The van der Waals surface area contributed by atoms with E-state index in [-0.39, 0.29) is 0 Å². The summed E-state index contributed by atoms with van der Waals surface area (Å²) in [5.74, 6) is 1.02. The van der Waals surface area contributed by atoms with Crippen LogP contribution in [0.25, 0.3) is 16.1 Å². The number of rotatable bonds is 7. The maximum atomic E-state index is 6.66. The van der Waals surface area contributed by atoms with E-state index in [0.29, 0.717) is 16.8 Å². The minimum absolute atomic E-state index is 0.462. The predicted molar refractivity (Wildman–Crippen MR) is 128 cm³/mol. The second-order valence-corrected chi connectivity index (χ2v) is 8.86. The smallest absolute Gasteiger partial charge is 0.166 e. The van der Waals surface area contributed by atoms with Crippen molar-refractivity contribution in [3.05, 3.63) is 39.1 Å². The summed E-state index contributed by atoms with van der Waals surface area (Å²) < 4.78 is 2.02. The van der Waals surface area contributed by atoms with Crippen molar-refractivity contribution in [2.24, 2.45) is 15.7 Å². The Morgan fingerprint density at radius 1 is 1.27 bits per heavy atom. The fourth-order valence-electron chi connectivity index (χ4n) is 3.92. The molecule has 0 saturated carbocycles. The van der Waals surface area contributed by atoms with E-state index in [1.165, 1.54) is 23.4 Å². The maximum Gasteiger partial charge on any atom is 0.166 e. The molecule has 0 aromatic carbocycles. The van der Waals surface area contributed by atoms with Crippen LogP contribution in [0, 0.1) is 13.8 Å². The van der Waals surface area contributed by atoms with E-state index in [0.717, 1.165) is 58.0 Å². The van der Waals surface area contributed by atoms with Gasteiger partial charge >= 0.3 is 0 Å². The Balaban J connectivity index is 2.22. The lowest BCUT2D eigenvalue weighted by Gasteiger charge is -2.17. The number of nitrogens with two attached hydrogens (primary N) is 1. The quantitative estimate of drug-likeness (QED) is 0.370. The second kappa shape index (κ2) is 9.71. The van der Waals surface area contributed by atoms with Crippen LogP contribution in [0.15, 0.2) is 22.1 Å². The molecule has 0 radical (unpaired) electrons. The normalized spacial score (nSPS) is 12.7. The van der Waals surface area contributed by atoms with Gasteiger partial charge in [-0.15, -0.1) is 11.3 Å². The van der Waals surface area contributed by atoms with Gasteiger partial charge in [-0.05, 0) is 38.8 Å². The molecule has 0 aliphatic carbocycles. The Labute approximate surface area is 186 Å². The van der Waals surface area contributed by atoms with E-state index in [4.69, 9.17) is 27.4 Å². The van der Waals surface area contributed by atoms with Crippen molar-refractivity contribution in [1.29, 1.82) is 0 Å². The number of amidine groups is 1. The summed E-state index contributed by atoms with van der Waals surface area (Å²) in [5.41, 5.74) is 10.4. The molecule has 0 spiro atoms. The van der Waals surface area contributed by atoms with Crippen molar-refractivity contribution in [2.75, 3.05) is 7.05 Å². The number of thiophene rings is 1. The summed E-state index contributed by atoms with van der Waals surface area (Å²) in [6.45, 7) is 8.53. The van der Waals surface area contributed by atoms with Gasteiger partial charge in [-0.25, -0.2) is 14.5 Å². The lowest BCUT2D eigenvalue weighted by atomic mass is 9.94. The van der Waals surface area contributed by atoms with Crippen molar-refractivity contribution in [1.82, 2.24) is 14.6 Å². The number of aromatic nitrogens is 3. The molecule has 3 aromatic rings. The summed E-state index contributed by atoms with van der Waals surface area (Å²) >= 11 is 8.19. The predicted octanol–water partition coefficient (Wildman–Crippen LogP) is 5.78. The van der Waals surface area contributed by atoms with Crippen molar-refractivity contribution in [3.8, 4) is 10.4 Å².